The summed E-state index contributed by atoms with van der Waals surface area (Å²) in [7, 11) is 0. The van der Waals surface area contributed by atoms with Gasteiger partial charge in [0.25, 0.3) is 0 Å². The molecule has 64 valence electrons. The number of H-pyrrole nitrogens is 1. The summed E-state index contributed by atoms with van der Waals surface area (Å²) in [6.07, 6.45) is 0. The zero-order valence-corrected chi connectivity index (χ0v) is 7.41. The van der Waals surface area contributed by atoms with Crippen molar-refractivity contribution in [3.05, 3.63) is 22.3 Å². The maximum Gasteiger partial charge on any atom is 0.196 e. The van der Waals surface area contributed by atoms with Crippen molar-refractivity contribution in [2.45, 2.75) is 6.54 Å². The van der Waals surface area contributed by atoms with E-state index in [1.807, 2.05) is 12.1 Å². The van der Waals surface area contributed by atoms with Crippen LogP contribution in [0.2, 0.25) is 0 Å². The molecule has 0 atom stereocenters. The Morgan fingerprint density at radius 3 is 3.25 bits per heavy atom. The Kier molecular flexibility index (Phi) is 2.10. The normalized spacial score (nSPS) is 16.0. The Morgan fingerprint density at radius 2 is 2.33 bits per heavy atom. The Bertz CT molecular complexity index is 334. The molecule has 4 heteroatoms. The molecule has 1 aliphatic rings. The van der Waals surface area contributed by atoms with Crippen molar-refractivity contribution in [3.63, 3.8) is 0 Å². The number of hydrogen-bond donors (Lipinski definition) is 2. The highest BCUT2D eigenvalue weighted by molar-refractivity contribution is 7.71. The zero-order chi connectivity index (χ0) is 8.39. The summed E-state index contributed by atoms with van der Waals surface area (Å²) in [6, 6.07) is 3.87. The van der Waals surface area contributed by atoms with Gasteiger partial charge in [0.15, 0.2) is 5.88 Å². The third-order valence-electron chi connectivity index (χ3n) is 1.80. The highest BCUT2D eigenvalue weighted by atomic mass is 32.1. The van der Waals surface area contributed by atoms with Gasteiger partial charge in [-0.3, -0.25) is 0 Å². The minimum Gasteiger partial charge on any atom is -0.477 e. The lowest BCUT2D eigenvalue weighted by atomic mass is 10.3. The molecule has 2 heterocycles. The molecule has 0 saturated heterocycles. The quantitative estimate of drug-likeness (QED) is 0.592. The predicted octanol–water partition coefficient (Wildman–Crippen LogP) is 1.23. The van der Waals surface area contributed by atoms with Crippen molar-refractivity contribution >= 4 is 12.2 Å². The minimum absolute atomic E-state index is 0.697. The van der Waals surface area contributed by atoms with Crippen LogP contribution >= 0.6 is 12.2 Å². The number of rotatable bonds is 0. The summed E-state index contributed by atoms with van der Waals surface area (Å²) in [5, 5.41) is 3.24. The fourth-order valence-electron chi connectivity index (χ4n) is 1.20. The van der Waals surface area contributed by atoms with Crippen LogP contribution in [0.4, 0.5) is 0 Å². The summed E-state index contributed by atoms with van der Waals surface area (Å²) in [5.41, 5.74) is 1.14. The molecule has 0 fully saturated rings. The standard InChI is InChI=1S/C8H10N2OS/c12-7-2-1-6-5-9-3-4-11-8(6)10-7/h1-2,9H,3-5H2,(H,10,12). The zero-order valence-electron chi connectivity index (χ0n) is 6.59. The van der Waals surface area contributed by atoms with Crippen molar-refractivity contribution in [1.82, 2.24) is 10.3 Å². The van der Waals surface area contributed by atoms with E-state index >= 15 is 0 Å². The maximum absolute atomic E-state index is 5.44. The van der Waals surface area contributed by atoms with Crippen LogP contribution in [0.25, 0.3) is 0 Å². The van der Waals surface area contributed by atoms with Crippen molar-refractivity contribution in [3.8, 4) is 5.88 Å². The average molecular weight is 182 g/mol. The number of pyridine rings is 1. The molecule has 0 aliphatic carbocycles. The summed E-state index contributed by atoms with van der Waals surface area (Å²) < 4.78 is 6.16. The lowest BCUT2D eigenvalue weighted by Gasteiger charge is -2.04. The van der Waals surface area contributed by atoms with Crippen LogP contribution in [-0.4, -0.2) is 18.1 Å². The van der Waals surface area contributed by atoms with Gasteiger partial charge in [0.05, 0.1) is 0 Å². The van der Waals surface area contributed by atoms with Crippen LogP contribution in [0.3, 0.4) is 0 Å². The molecule has 1 aromatic heterocycles. The molecule has 2 N–H and O–H groups in total. The Labute approximate surface area is 75.8 Å². The first-order valence-electron chi connectivity index (χ1n) is 3.92. The van der Waals surface area contributed by atoms with Crippen LogP contribution in [-0.2, 0) is 6.54 Å². The van der Waals surface area contributed by atoms with Crippen LogP contribution in [0, 0.1) is 4.64 Å². The van der Waals surface area contributed by atoms with Crippen molar-refractivity contribution in [2.75, 3.05) is 13.2 Å². The summed E-state index contributed by atoms with van der Waals surface area (Å²) in [4.78, 5) is 3.02. The van der Waals surface area contributed by atoms with E-state index in [0.717, 1.165) is 29.2 Å². The number of aromatic nitrogens is 1. The van der Waals surface area contributed by atoms with Crippen LogP contribution < -0.4 is 10.1 Å². The first-order valence-corrected chi connectivity index (χ1v) is 4.33. The molecule has 0 aromatic carbocycles. The van der Waals surface area contributed by atoms with Gasteiger partial charge in [-0.15, -0.1) is 0 Å². The van der Waals surface area contributed by atoms with Gasteiger partial charge in [-0.05, 0) is 12.1 Å². The molecule has 0 saturated carbocycles. The number of nitrogens with one attached hydrogen (secondary N) is 2. The van der Waals surface area contributed by atoms with Crippen LogP contribution in [0.5, 0.6) is 5.88 Å². The van der Waals surface area contributed by atoms with Gasteiger partial charge >= 0.3 is 0 Å². The lowest BCUT2D eigenvalue weighted by molar-refractivity contribution is 0.313. The van der Waals surface area contributed by atoms with Gasteiger partial charge in [0.2, 0.25) is 0 Å². The second-order valence-electron chi connectivity index (χ2n) is 2.70. The fourth-order valence-corrected chi connectivity index (χ4v) is 1.36. The second-order valence-corrected chi connectivity index (χ2v) is 3.14. The number of ether oxygens (including phenoxy) is 1. The first kappa shape index (κ1) is 7.76. The van der Waals surface area contributed by atoms with Gasteiger partial charge in [0.1, 0.15) is 11.2 Å². The summed E-state index contributed by atoms with van der Waals surface area (Å²) >= 11 is 4.99. The SMILES string of the molecule is S=c1ccc2c([nH]1)OCCNC2. The summed E-state index contributed by atoms with van der Waals surface area (Å²) in [6.45, 7) is 2.43. The molecular weight excluding hydrogens is 172 g/mol. The molecule has 0 amide bonds. The van der Waals surface area contributed by atoms with E-state index in [4.69, 9.17) is 17.0 Å². The van der Waals surface area contributed by atoms with E-state index in [1.165, 1.54) is 0 Å². The van der Waals surface area contributed by atoms with Crippen LogP contribution in [0.1, 0.15) is 5.56 Å². The third kappa shape index (κ3) is 1.49. The smallest absolute Gasteiger partial charge is 0.196 e. The number of aromatic amines is 1. The molecule has 12 heavy (non-hydrogen) atoms. The Balaban J connectivity index is 2.43. The second kappa shape index (κ2) is 3.25. The molecular formula is C8H10N2OS. The van der Waals surface area contributed by atoms with E-state index in [9.17, 15) is 0 Å². The molecule has 0 spiro atoms. The molecule has 2 rings (SSSR count). The van der Waals surface area contributed by atoms with E-state index in [1.54, 1.807) is 0 Å². The number of hydrogen-bond acceptors (Lipinski definition) is 3. The summed E-state index contributed by atoms with van der Waals surface area (Å²) in [5.74, 6) is 0.812. The van der Waals surface area contributed by atoms with E-state index in [0.29, 0.717) is 6.61 Å². The Hall–Kier alpha value is -0.870. The van der Waals surface area contributed by atoms with E-state index in [2.05, 4.69) is 10.3 Å². The van der Waals surface area contributed by atoms with Gasteiger partial charge in [-0.25, -0.2) is 0 Å². The fraction of sp³-hybridized carbons (Fsp3) is 0.375. The molecule has 0 radical (unpaired) electrons. The van der Waals surface area contributed by atoms with Crippen molar-refractivity contribution in [2.24, 2.45) is 0 Å². The molecule has 0 bridgehead atoms. The highest BCUT2D eigenvalue weighted by Crippen LogP contribution is 2.15. The minimum atomic E-state index is 0.697. The number of fused-ring (bicyclic) bond motifs is 1. The van der Waals surface area contributed by atoms with Crippen molar-refractivity contribution in [1.29, 1.82) is 0 Å². The van der Waals surface area contributed by atoms with Gasteiger partial charge < -0.3 is 15.0 Å². The average Bonchev–Trinajstić information content (AvgIpc) is 2.28. The van der Waals surface area contributed by atoms with Gasteiger partial charge in [-0.1, -0.05) is 12.2 Å². The monoisotopic (exact) mass is 182 g/mol. The lowest BCUT2D eigenvalue weighted by Crippen LogP contribution is -2.16. The molecule has 1 aliphatic heterocycles. The van der Waals surface area contributed by atoms with Crippen LogP contribution in [0.15, 0.2) is 12.1 Å². The van der Waals surface area contributed by atoms with E-state index < -0.39 is 0 Å². The predicted molar refractivity (Wildman–Crippen MR) is 48.8 cm³/mol. The van der Waals surface area contributed by atoms with E-state index in [-0.39, 0.29) is 0 Å². The maximum atomic E-state index is 5.44. The first-order chi connectivity index (χ1) is 5.86. The Morgan fingerprint density at radius 1 is 1.42 bits per heavy atom. The van der Waals surface area contributed by atoms with Gasteiger partial charge in [-0.2, -0.15) is 0 Å². The van der Waals surface area contributed by atoms with Crippen molar-refractivity contribution < 1.29 is 4.74 Å². The molecule has 1 aromatic rings. The topological polar surface area (TPSA) is 37.0 Å². The van der Waals surface area contributed by atoms with Gasteiger partial charge in [0, 0.05) is 18.7 Å². The molecule has 3 nitrogen and oxygen atoms in total. The largest absolute Gasteiger partial charge is 0.477 e. The third-order valence-corrected chi connectivity index (χ3v) is 2.04. The highest BCUT2D eigenvalue weighted by Gasteiger charge is 2.06. The molecule has 0 unspecified atom stereocenters.